The predicted octanol–water partition coefficient (Wildman–Crippen LogP) is 3.14. The molecule has 2 rings (SSSR count). The van der Waals surface area contributed by atoms with Crippen molar-refractivity contribution >= 4 is 0 Å². The zero-order chi connectivity index (χ0) is 15.7. The van der Waals surface area contributed by atoms with E-state index >= 15 is 0 Å². The summed E-state index contributed by atoms with van der Waals surface area (Å²) < 4.78 is 17.8. The topological polar surface area (TPSA) is 39.7 Å². The molecule has 0 saturated carbocycles. The summed E-state index contributed by atoms with van der Waals surface area (Å²) in [4.78, 5) is 0. The largest absolute Gasteiger partial charge is 0.493 e. The van der Waals surface area contributed by atoms with Crippen LogP contribution in [-0.2, 0) is 11.3 Å². The number of benzene rings is 1. The highest BCUT2D eigenvalue weighted by Crippen LogP contribution is 2.41. The Morgan fingerprint density at radius 2 is 1.95 bits per heavy atom. The maximum absolute atomic E-state index is 6.26. The molecule has 0 amide bonds. The zero-order valence-corrected chi connectivity index (χ0v) is 13.9. The Labute approximate surface area is 127 Å². The molecule has 118 valence electrons. The first-order valence-corrected chi connectivity index (χ1v) is 7.46. The Balaban J connectivity index is 2.23. The van der Waals surface area contributed by atoms with Crippen molar-refractivity contribution in [3.8, 4) is 11.5 Å². The lowest BCUT2D eigenvalue weighted by Crippen LogP contribution is -2.36. The molecule has 1 heterocycles. The molecule has 0 aliphatic carbocycles. The molecule has 0 radical (unpaired) electrons. The van der Waals surface area contributed by atoms with E-state index in [4.69, 9.17) is 14.2 Å². The fraction of sp³-hybridized carbons (Fsp3) is 0.647. The summed E-state index contributed by atoms with van der Waals surface area (Å²) in [5.41, 5.74) is 0.696. The van der Waals surface area contributed by atoms with Crippen LogP contribution in [0.25, 0.3) is 0 Å². The van der Waals surface area contributed by atoms with E-state index in [2.05, 4.69) is 33.0 Å². The molecule has 1 aromatic rings. The second-order valence-corrected chi connectivity index (χ2v) is 6.79. The molecule has 1 N–H and O–H groups in total. The van der Waals surface area contributed by atoms with E-state index in [0.717, 1.165) is 24.5 Å². The molecule has 1 saturated heterocycles. The van der Waals surface area contributed by atoms with Crippen LogP contribution in [0.4, 0.5) is 0 Å². The Morgan fingerprint density at radius 3 is 2.48 bits per heavy atom. The standard InChI is InChI=1S/C17H27NO3/c1-16(2)10-15(17(3,4)21-16)20-14-9-12(11-18-5)7-8-13(14)19-6/h7-9,15,18H,10-11H2,1-6H3. The number of ether oxygens (including phenoxy) is 3. The summed E-state index contributed by atoms with van der Waals surface area (Å²) in [6, 6.07) is 6.04. The summed E-state index contributed by atoms with van der Waals surface area (Å²) in [5.74, 6) is 1.54. The molecule has 4 nitrogen and oxygen atoms in total. The van der Waals surface area contributed by atoms with Crippen molar-refractivity contribution in [2.45, 2.75) is 58.0 Å². The molecular formula is C17H27NO3. The number of hydrogen-bond donors (Lipinski definition) is 1. The average molecular weight is 293 g/mol. The maximum Gasteiger partial charge on any atom is 0.162 e. The van der Waals surface area contributed by atoms with Crippen molar-refractivity contribution in [3.63, 3.8) is 0 Å². The summed E-state index contributed by atoms with van der Waals surface area (Å²) in [6.07, 6.45) is 0.866. The van der Waals surface area contributed by atoms with Crippen LogP contribution < -0.4 is 14.8 Å². The molecule has 0 spiro atoms. The first kappa shape index (κ1) is 16.1. The second kappa shape index (κ2) is 5.85. The molecule has 21 heavy (non-hydrogen) atoms. The molecule has 1 atom stereocenters. The zero-order valence-electron chi connectivity index (χ0n) is 13.9. The Bertz CT molecular complexity index is 497. The normalized spacial score (nSPS) is 23.0. The minimum absolute atomic E-state index is 0.00577. The van der Waals surface area contributed by atoms with Gasteiger partial charge in [-0.25, -0.2) is 0 Å². The van der Waals surface area contributed by atoms with Gasteiger partial charge in [-0.3, -0.25) is 0 Å². The molecule has 4 heteroatoms. The number of methoxy groups -OCH3 is 1. The van der Waals surface area contributed by atoms with Crippen LogP contribution in [-0.4, -0.2) is 31.5 Å². The van der Waals surface area contributed by atoms with Crippen molar-refractivity contribution < 1.29 is 14.2 Å². The Morgan fingerprint density at radius 1 is 1.24 bits per heavy atom. The monoisotopic (exact) mass is 293 g/mol. The van der Waals surface area contributed by atoms with Gasteiger partial charge in [-0.15, -0.1) is 0 Å². The smallest absolute Gasteiger partial charge is 0.162 e. The van der Waals surface area contributed by atoms with Crippen LogP contribution in [0.2, 0.25) is 0 Å². The van der Waals surface area contributed by atoms with Gasteiger partial charge in [0.1, 0.15) is 11.7 Å². The van der Waals surface area contributed by atoms with Gasteiger partial charge in [0.15, 0.2) is 11.5 Å². The van der Waals surface area contributed by atoms with Gasteiger partial charge in [0.2, 0.25) is 0 Å². The molecule has 1 unspecified atom stereocenters. The van der Waals surface area contributed by atoms with Gasteiger partial charge < -0.3 is 19.5 Å². The molecule has 1 aromatic carbocycles. The van der Waals surface area contributed by atoms with Crippen molar-refractivity contribution in [2.24, 2.45) is 0 Å². The summed E-state index contributed by atoms with van der Waals surface area (Å²) in [7, 11) is 3.60. The SMILES string of the molecule is CNCc1ccc(OC)c(OC2CC(C)(C)OC2(C)C)c1. The van der Waals surface area contributed by atoms with Gasteiger partial charge in [-0.1, -0.05) is 6.07 Å². The third kappa shape index (κ3) is 3.69. The molecule has 0 bridgehead atoms. The van der Waals surface area contributed by atoms with E-state index in [-0.39, 0.29) is 17.3 Å². The van der Waals surface area contributed by atoms with E-state index in [1.807, 2.05) is 25.2 Å². The van der Waals surface area contributed by atoms with Crippen LogP contribution in [0, 0.1) is 0 Å². The van der Waals surface area contributed by atoms with Gasteiger partial charge in [-0.2, -0.15) is 0 Å². The van der Waals surface area contributed by atoms with Crippen LogP contribution in [0.3, 0.4) is 0 Å². The van der Waals surface area contributed by atoms with E-state index in [1.165, 1.54) is 5.56 Å². The van der Waals surface area contributed by atoms with Crippen LogP contribution in [0.15, 0.2) is 18.2 Å². The molecule has 1 aliphatic heterocycles. The van der Waals surface area contributed by atoms with Crippen LogP contribution in [0.1, 0.15) is 39.7 Å². The van der Waals surface area contributed by atoms with Gasteiger partial charge in [0.25, 0.3) is 0 Å². The van der Waals surface area contributed by atoms with Gasteiger partial charge >= 0.3 is 0 Å². The summed E-state index contributed by atoms with van der Waals surface area (Å²) in [6.45, 7) is 9.17. The Hall–Kier alpha value is -1.26. The quantitative estimate of drug-likeness (QED) is 0.905. The lowest BCUT2D eigenvalue weighted by atomic mass is 9.97. The van der Waals surface area contributed by atoms with Crippen LogP contribution >= 0.6 is 0 Å². The van der Waals surface area contributed by atoms with Gasteiger partial charge in [0.05, 0.1) is 12.7 Å². The van der Waals surface area contributed by atoms with E-state index < -0.39 is 0 Å². The van der Waals surface area contributed by atoms with Crippen molar-refractivity contribution in [2.75, 3.05) is 14.2 Å². The average Bonchev–Trinajstić information content (AvgIpc) is 2.58. The minimum atomic E-state index is -0.312. The third-order valence-electron chi connectivity index (χ3n) is 3.87. The molecule has 1 fully saturated rings. The van der Waals surface area contributed by atoms with Gasteiger partial charge in [0, 0.05) is 13.0 Å². The summed E-state index contributed by atoms with van der Waals surface area (Å²) in [5, 5.41) is 3.15. The van der Waals surface area contributed by atoms with Crippen molar-refractivity contribution in [1.82, 2.24) is 5.32 Å². The lowest BCUT2D eigenvalue weighted by Gasteiger charge is -2.28. The fourth-order valence-corrected chi connectivity index (χ4v) is 2.98. The second-order valence-electron chi connectivity index (χ2n) is 6.79. The van der Waals surface area contributed by atoms with Crippen LogP contribution in [0.5, 0.6) is 11.5 Å². The third-order valence-corrected chi connectivity index (χ3v) is 3.87. The highest BCUT2D eigenvalue weighted by molar-refractivity contribution is 5.43. The molecule has 1 aliphatic rings. The van der Waals surface area contributed by atoms with E-state index in [0.29, 0.717) is 0 Å². The van der Waals surface area contributed by atoms with Crippen molar-refractivity contribution in [1.29, 1.82) is 0 Å². The molecule has 0 aromatic heterocycles. The first-order valence-electron chi connectivity index (χ1n) is 7.46. The Kier molecular flexibility index (Phi) is 4.49. The van der Waals surface area contributed by atoms with E-state index in [9.17, 15) is 0 Å². The maximum atomic E-state index is 6.26. The van der Waals surface area contributed by atoms with Crippen molar-refractivity contribution in [3.05, 3.63) is 23.8 Å². The highest BCUT2D eigenvalue weighted by atomic mass is 16.6. The molecular weight excluding hydrogens is 266 g/mol. The van der Waals surface area contributed by atoms with Gasteiger partial charge in [-0.05, 0) is 52.4 Å². The number of hydrogen-bond acceptors (Lipinski definition) is 4. The number of nitrogens with one attached hydrogen (secondary N) is 1. The number of rotatable bonds is 5. The minimum Gasteiger partial charge on any atom is -0.493 e. The highest BCUT2D eigenvalue weighted by Gasteiger charge is 2.47. The fourth-order valence-electron chi connectivity index (χ4n) is 2.98. The summed E-state index contributed by atoms with van der Waals surface area (Å²) >= 11 is 0. The predicted molar refractivity (Wildman–Crippen MR) is 84.0 cm³/mol. The first-order chi connectivity index (χ1) is 9.77. The lowest BCUT2D eigenvalue weighted by molar-refractivity contribution is -0.0847. The van der Waals surface area contributed by atoms with E-state index in [1.54, 1.807) is 7.11 Å².